The average molecular weight is 341 g/mol. The van der Waals surface area contributed by atoms with Gasteiger partial charge in [-0.25, -0.2) is 9.97 Å². The van der Waals surface area contributed by atoms with Crippen LogP contribution in [0.2, 0.25) is 0 Å². The highest BCUT2D eigenvalue weighted by molar-refractivity contribution is 7.99. The van der Waals surface area contributed by atoms with Gasteiger partial charge in [0.15, 0.2) is 0 Å². The van der Waals surface area contributed by atoms with Crippen molar-refractivity contribution in [3.8, 4) is 0 Å². The number of amides is 1. The first kappa shape index (κ1) is 15.7. The smallest absolute Gasteiger partial charge is 0.254 e. The minimum Gasteiger partial charge on any atom is -0.347 e. The van der Waals surface area contributed by atoms with Crippen LogP contribution in [-0.4, -0.2) is 15.9 Å². The molecule has 3 rings (SSSR count). The van der Waals surface area contributed by atoms with Gasteiger partial charge in [0.05, 0.1) is 17.1 Å². The fourth-order valence-electron chi connectivity index (χ4n) is 1.99. The number of aryl methyl sites for hydroxylation is 1. The second kappa shape index (κ2) is 7.39. The van der Waals surface area contributed by atoms with Gasteiger partial charge in [0, 0.05) is 22.2 Å². The Bertz CT molecular complexity index is 802. The Morgan fingerprint density at radius 2 is 2.00 bits per heavy atom. The molecule has 0 spiro atoms. The van der Waals surface area contributed by atoms with Crippen LogP contribution < -0.4 is 5.32 Å². The SMILES string of the molecule is Cc1ncc(CNC(=O)c2cccnc2Sc2ccccc2)s1. The highest BCUT2D eigenvalue weighted by Crippen LogP contribution is 2.28. The van der Waals surface area contributed by atoms with Crippen molar-refractivity contribution in [1.82, 2.24) is 15.3 Å². The quantitative estimate of drug-likeness (QED) is 0.764. The number of aromatic nitrogens is 2. The molecule has 0 aliphatic heterocycles. The fourth-order valence-corrected chi connectivity index (χ4v) is 3.63. The molecule has 6 heteroatoms. The summed E-state index contributed by atoms with van der Waals surface area (Å²) in [5.74, 6) is -0.123. The van der Waals surface area contributed by atoms with Crippen LogP contribution in [0, 0.1) is 6.92 Å². The summed E-state index contributed by atoms with van der Waals surface area (Å²) < 4.78 is 0. The van der Waals surface area contributed by atoms with E-state index in [0.29, 0.717) is 17.1 Å². The van der Waals surface area contributed by atoms with Crippen molar-refractivity contribution in [2.45, 2.75) is 23.4 Å². The maximum atomic E-state index is 12.5. The number of nitrogens with one attached hydrogen (secondary N) is 1. The second-order valence-corrected chi connectivity index (χ2v) is 7.18. The van der Waals surface area contributed by atoms with Gasteiger partial charge in [-0.1, -0.05) is 30.0 Å². The third-order valence-electron chi connectivity index (χ3n) is 3.07. The molecule has 1 aromatic carbocycles. The summed E-state index contributed by atoms with van der Waals surface area (Å²) >= 11 is 3.07. The van der Waals surface area contributed by atoms with Gasteiger partial charge in [0.2, 0.25) is 0 Å². The maximum absolute atomic E-state index is 12.5. The van der Waals surface area contributed by atoms with E-state index in [1.54, 1.807) is 35.9 Å². The van der Waals surface area contributed by atoms with E-state index in [0.717, 1.165) is 14.8 Å². The Kier molecular flexibility index (Phi) is 5.05. The van der Waals surface area contributed by atoms with Crippen molar-refractivity contribution in [3.63, 3.8) is 0 Å². The van der Waals surface area contributed by atoms with Crippen LogP contribution in [0.3, 0.4) is 0 Å². The maximum Gasteiger partial charge on any atom is 0.254 e. The topological polar surface area (TPSA) is 54.9 Å². The van der Waals surface area contributed by atoms with Crippen LogP contribution >= 0.6 is 23.1 Å². The molecule has 0 unspecified atom stereocenters. The molecule has 0 bridgehead atoms. The molecule has 2 heterocycles. The summed E-state index contributed by atoms with van der Waals surface area (Å²) in [6, 6.07) is 13.5. The average Bonchev–Trinajstić information content (AvgIpc) is 3.00. The van der Waals surface area contributed by atoms with Gasteiger partial charge in [-0.05, 0) is 31.2 Å². The van der Waals surface area contributed by atoms with Gasteiger partial charge < -0.3 is 5.32 Å². The molecular weight excluding hydrogens is 326 g/mol. The molecule has 1 amide bonds. The van der Waals surface area contributed by atoms with Gasteiger partial charge in [-0.2, -0.15) is 0 Å². The molecule has 0 aliphatic rings. The molecule has 0 atom stereocenters. The summed E-state index contributed by atoms with van der Waals surface area (Å²) in [7, 11) is 0. The number of carbonyl (C=O) groups is 1. The number of thiazole rings is 1. The molecule has 0 fully saturated rings. The van der Waals surface area contributed by atoms with Gasteiger partial charge >= 0.3 is 0 Å². The zero-order valence-electron chi connectivity index (χ0n) is 12.5. The summed E-state index contributed by atoms with van der Waals surface area (Å²) in [6.45, 7) is 2.43. The van der Waals surface area contributed by atoms with E-state index in [9.17, 15) is 4.79 Å². The number of carbonyl (C=O) groups excluding carboxylic acids is 1. The summed E-state index contributed by atoms with van der Waals surface area (Å²) in [6.07, 6.45) is 3.50. The van der Waals surface area contributed by atoms with Crippen molar-refractivity contribution < 1.29 is 4.79 Å². The highest BCUT2D eigenvalue weighted by Gasteiger charge is 2.13. The van der Waals surface area contributed by atoms with Crippen LogP contribution in [0.25, 0.3) is 0 Å². The predicted octanol–water partition coefficient (Wildman–Crippen LogP) is 3.93. The van der Waals surface area contributed by atoms with Crippen LogP contribution in [0.15, 0.2) is 64.8 Å². The number of benzene rings is 1. The van der Waals surface area contributed by atoms with E-state index < -0.39 is 0 Å². The number of nitrogens with zero attached hydrogens (tertiary/aromatic N) is 2. The number of hydrogen-bond donors (Lipinski definition) is 1. The molecule has 0 saturated heterocycles. The summed E-state index contributed by atoms with van der Waals surface area (Å²) in [4.78, 5) is 23.1. The third kappa shape index (κ3) is 4.18. The zero-order chi connectivity index (χ0) is 16.1. The largest absolute Gasteiger partial charge is 0.347 e. The van der Waals surface area contributed by atoms with Crippen molar-refractivity contribution in [3.05, 3.63) is 70.3 Å². The molecule has 3 aromatic rings. The van der Waals surface area contributed by atoms with E-state index in [4.69, 9.17) is 0 Å². The number of hydrogen-bond acceptors (Lipinski definition) is 5. The van der Waals surface area contributed by atoms with E-state index in [2.05, 4.69) is 15.3 Å². The van der Waals surface area contributed by atoms with Crippen LogP contribution in [-0.2, 0) is 6.54 Å². The monoisotopic (exact) mass is 341 g/mol. The Morgan fingerprint density at radius 1 is 1.17 bits per heavy atom. The van der Waals surface area contributed by atoms with Crippen molar-refractivity contribution in [2.75, 3.05) is 0 Å². The van der Waals surface area contributed by atoms with E-state index in [1.165, 1.54) is 11.8 Å². The van der Waals surface area contributed by atoms with Crippen LogP contribution in [0.4, 0.5) is 0 Å². The molecule has 1 N–H and O–H groups in total. The van der Waals surface area contributed by atoms with Crippen molar-refractivity contribution >= 4 is 29.0 Å². The highest BCUT2D eigenvalue weighted by atomic mass is 32.2. The number of pyridine rings is 1. The number of rotatable bonds is 5. The minimum absolute atomic E-state index is 0.123. The van der Waals surface area contributed by atoms with E-state index >= 15 is 0 Å². The lowest BCUT2D eigenvalue weighted by Gasteiger charge is -2.08. The van der Waals surface area contributed by atoms with Crippen molar-refractivity contribution in [1.29, 1.82) is 0 Å². The fraction of sp³-hybridized carbons (Fsp3) is 0.118. The summed E-state index contributed by atoms with van der Waals surface area (Å²) in [5, 5.41) is 4.63. The molecule has 4 nitrogen and oxygen atoms in total. The van der Waals surface area contributed by atoms with E-state index in [1.807, 2.05) is 37.3 Å². The van der Waals surface area contributed by atoms with Crippen LogP contribution in [0.1, 0.15) is 20.2 Å². The first-order chi connectivity index (χ1) is 11.2. The van der Waals surface area contributed by atoms with Crippen molar-refractivity contribution in [2.24, 2.45) is 0 Å². The molecule has 2 aromatic heterocycles. The first-order valence-electron chi connectivity index (χ1n) is 7.10. The van der Waals surface area contributed by atoms with Gasteiger partial charge in [-0.3, -0.25) is 4.79 Å². The first-order valence-corrected chi connectivity index (χ1v) is 8.73. The molecule has 116 valence electrons. The Hall–Kier alpha value is -2.18. The zero-order valence-corrected chi connectivity index (χ0v) is 14.2. The van der Waals surface area contributed by atoms with Gasteiger partial charge in [0.1, 0.15) is 5.03 Å². The second-order valence-electron chi connectivity index (χ2n) is 4.80. The standard InChI is InChI=1S/C17H15N3OS2/c1-12-19-10-14(22-12)11-20-16(21)15-8-5-9-18-17(15)23-13-6-3-2-4-7-13/h2-10H,11H2,1H3,(H,20,21). The minimum atomic E-state index is -0.123. The Balaban J connectivity index is 1.72. The molecule has 0 radical (unpaired) electrons. The Labute approximate surface area is 143 Å². The molecule has 0 saturated carbocycles. The lowest BCUT2D eigenvalue weighted by atomic mass is 10.2. The molecule has 23 heavy (non-hydrogen) atoms. The van der Waals surface area contributed by atoms with Crippen LogP contribution in [0.5, 0.6) is 0 Å². The summed E-state index contributed by atoms with van der Waals surface area (Å²) in [5.41, 5.74) is 0.586. The third-order valence-corrected chi connectivity index (χ3v) is 5.01. The van der Waals surface area contributed by atoms with E-state index in [-0.39, 0.29) is 5.91 Å². The molecule has 0 aliphatic carbocycles. The Morgan fingerprint density at radius 3 is 2.74 bits per heavy atom. The normalized spacial score (nSPS) is 10.5. The predicted molar refractivity (Wildman–Crippen MR) is 92.8 cm³/mol. The lowest BCUT2D eigenvalue weighted by molar-refractivity contribution is 0.0947. The van der Waals surface area contributed by atoms with Gasteiger partial charge in [0.25, 0.3) is 5.91 Å². The van der Waals surface area contributed by atoms with Gasteiger partial charge in [-0.15, -0.1) is 11.3 Å². The lowest BCUT2D eigenvalue weighted by Crippen LogP contribution is -2.23. The molecular formula is C17H15N3OS2.